The molecule has 1 aromatic heterocycles. The number of nitrogens with one attached hydrogen (secondary N) is 1. The molecule has 4 rings (SSSR count). The number of hydrogen-bond acceptors (Lipinski definition) is 3. The second-order valence-corrected chi connectivity index (χ2v) is 7.99. The Hall–Kier alpha value is -2.18. The van der Waals surface area contributed by atoms with Crippen LogP contribution in [-0.4, -0.2) is 18.2 Å². The summed E-state index contributed by atoms with van der Waals surface area (Å²) in [6.45, 7) is 2.06. The van der Waals surface area contributed by atoms with E-state index in [9.17, 15) is 8.42 Å². The van der Waals surface area contributed by atoms with Crippen LogP contribution in [0.4, 0.5) is 0 Å². The quantitative estimate of drug-likeness (QED) is 0.797. The van der Waals surface area contributed by atoms with E-state index in [0.717, 1.165) is 18.4 Å². The van der Waals surface area contributed by atoms with E-state index in [-0.39, 0.29) is 11.1 Å². The Morgan fingerprint density at radius 1 is 1.21 bits per heavy atom. The fraction of sp³-hybridized carbons (Fsp3) is 0.278. The van der Waals surface area contributed by atoms with Gasteiger partial charge in [0.2, 0.25) is 0 Å². The highest BCUT2D eigenvalue weighted by Crippen LogP contribution is 2.33. The minimum atomic E-state index is -3.66. The van der Waals surface area contributed by atoms with Gasteiger partial charge in [-0.25, -0.2) is 13.1 Å². The van der Waals surface area contributed by atoms with Crippen molar-refractivity contribution in [1.82, 2.24) is 14.5 Å². The zero-order chi connectivity index (χ0) is 16.9. The first kappa shape index (κ1) is 15.4. The molecule has 0 amide bonds. The fourth-order valence-electron chi connectivity index (χ4n) is 3.55. The van der Waals surface area contributed by atoms with Crippen molar-refractivity contribution >= 4 is 20.9 Å². The Labute approximate surface area is 141 Å². The van der Waals surface area contributed by atoms with E-state index < -0.39 is 10.0 Å². The van der Waals surface area contributed by atoms with Crippen LogP contribution in [0.25, 0.3) is 10.9 Å². The van der Waals surface area contributed by atoms with Crippen LogP contribution in [0, 0.1) is 6.92 Å². The van der Waals surface area contributed by atoms with Crippen LogP contribution in [0.5, 0.6) is 0 Å². The molecule has 0 fully saturated rings. The largest absolute Gasteiger partial charge is 0.258 e. The molecular formula is C18H19N3O2S. The average molecular weight is 341 g/mol. The molecule has 5 nitrogen and oxygen atoms in total. The third-order valence-corrected chi connectivity index (χ3v) is 6.20. The summed E-state index contributed by atoms with van der Waals surface area (Å²) in [5.41, 5.74) is 4.20. The third-order valence-electron chi connectivity index (χ3n) is 4.61. The molecule has 0 bridgehead atoms. The van der Waals surface area contributed by atoms with Gasteiger partial charge in [0.05, 0.1) is 5.52 Å². The van der Waals surface area contributed by atoms with Gasteiger partial charge in [-0.05, 0) is 43.0 Å². The highest BCUT2D eigenvalue weighted by molar-refractivity contribution is 7.89. The Bertz CT molecular complexity index is 1040. The molecule has 6 heteroatoms. The maximum absolute atomic E-state index is 13.0. The first-order valence-electron chi connectivity index (χ1n) is 7.99. The molecule has 0 radical (unpaired) electrons. The highest BCUT2D eigenvalue weighted by Gasteiger charge is 2.30. The Balaban J connectivity index is 1.74. The monoisotopic (exact) mass is 341 g/mol. The van der Waals surface area contributed by atoms with Crippen molar-refractivity contribution in [3.05, 3.63) is 59.2 Å². The van der Waals surface area contributed by atoms with Crippen molar-refractivity contribution < 1.29 is 8.42 Å². The van der Waals surface area contributed by atoms with E-state index in [1.54, 1.807) is 13.1 Å². The Kier molecular flexibility index (Phi) is 3.47. The predicted molar refractivity (Wildman–Crippen MR) is 93.3 cm³/mol. The summed E-state index contributed by atoms with van der Waals surface area (Å²) in [5, 5.41) is 5.18. The lowest BCUT2D eigenvalue weighted by molar-refractivity contribution is 0.541. The summed E-state index contributed by atoms with van der Waals surface area (Å²) < 4.78 is 30.3. The molecule has 0 saturated carbocycles. The second-order valence-electron chi connectivity index (χ2n) is 6.36. The number of aryl methyl sites for hydroxylation is 3. The van der Waals surface area contributed by atoms with Crippen molar-refractivity contribution in [2.24, 2.45) is 7.05 Å². The van der Waals surface area contributed by atoms with E-state index >= 15 is 0 Å². The minimum absolute atomic E-state index is 0.181. The lowest BCUT2D eigenvalue weighted by Gasteiger charge is -2.15. The van der Waals surface area contributed by atoms with E-state index in [2.05, 4.69) is 22.8 Å². The van der Waals surface area contributed by atoms with Gasteiger partial charge in [0, 0.05) is 18.5 Å². The molecule has 1 atom stereocenters. The zero-order valence-electron chi connectivity index (χ0n) is 13.7. The van der Waals surface area contributed by atoms with Crippen LogP contribution >= 0.6 is 0 Å². The fourth-order valence-corrected chi connectivity index (χ4v) is 5.14. The molecule has 3 aromatic rings. The average Bonchev–Trinajstić information content (AvgIpc) is 3.06. The molecule has 24 heavy (non-hydrogen) atoms. The molecule has 2 aromatic carbocycles. The van der Waals surface area contributed by atoms with E-state index in [4.69, 9.17) is 0 Å². The minimum Gasteiger partial charge on any atom is -0.255 e. The van der Waals surface area contributed by atoms with Crippen LogP contribution in [0.3, 0.4) is 0 Å². The van der Waals surface area contributed by atoms with Gasteiger partial charge in [0.15, 0.2) is 5.03 Å². The zero-order valence-corrected chi connectivity index (χ0v) is 14.5. The standard InChI is InChI=1S/C18H19N3O2S/c1-12-7-9-14-13(11-12)8-10-17(14)20-24(22,23)18-15-5-3-4-6-16(15)19-21(18)2/h3-7,9,11,17,20H,8,10H2,1-2H3. The van der Waals surface area contributed by atoms with Gasteiger partial charge >= 0.3 is 0 Å². The van der Waals surface area contributed by atoms with Gasteiger partial charge in [-0.1, -0.05) is 35.9 Å². The maximum atomic E-state index is 13.0. The number of benzene rings is 2. The summed E-state index contributed by atoms with van der Waals surface area (Å²) >= 11 is 0. The van der Waals surface area contributed by atoms with Gasteiger partial charge in [-0.15, -0.1) is 0 Å². The van der Waals surface area contributed by atoms with Crippen LogP contribution in [-0.2, 0) is 23.5 Å². The Morgan fingerprint density at radius 2 is 2.00 bits per heavy atom. The number of hydrogen-bond donors (Lipinski definition) is 1. The van der Waals surface area contributed by atoms with Crippen molar-refractivity contribution in [3.8, 4) is 0 Å². The second kappa shape index (κ2) is 5.43. The van der Waals surface area contributed by atoms with Crippen LogP contribution in [0.15, 0.2) is 47.5 Å². The summed E-state index contributed by atoms with van der Waals surface area (Å²) in [5.74, 6) is 0. The summed E-state index contributed by atoms with van der Waals surface area (Å²) in [6, 6.07) is 13.3. The number of fused-ring (bicyclic) bond motifs is 2. The number of sulfonamides is 1. The summed E-state index contributed by atoms with van der Waals surface area (Å²) in [4.78, 5) is 0. The normalized spacial score (nSPS) is 17.3. The topological polar surface area (TPSA) is 64.0 Å². The SMILES string of the molecule is Cc1ccc2c(c1)CCC2NS(=O)(=O)c1c2ccccc2nn1C. The maximum Gasteiger partial charge on any atom is 0.258 e. The molecule has 1 unspecified atom stereocenters. The highest BCUT2D eigenvalue weighted by atomic mass is 32.2. The van der Waals surface area contributed by atoms with Crippen molar-refractivity contribution in [2.45, 2.75) is 30.8 Å². The molecule has 1 N–H and O–H groups in total. The van der Waals surface area contributed by atoms with E-state index in [0.29, 0.717) is 10.9 Å². The molecule has 0 aliphatic heterocycles. The third kappa shape index (κ3) is 2.42. The number of nitrogens with zero attached hydrogens (tertiary/aromatic N) is 2. The lowest BCUT2D eigenvalue weighted by atomic mass is 10.1. The van der Waals surface area contributed by atoms with Gasteiger partial charge in [0.1, 0.15) is 0 Å². The molecule has 1 aliphatic carbocycles. The Morgan fingerprint density at radius 3 is 2.83 bits per heavy atom. The number of aromatic nitrogens is 2. The van der Waals surface area contributed by atoms with Crippen LogP contribution < -0.4 is 4.72 Å². The van der Waals surface area contributed by atoms with Crippen LogP contribution in [0.1, 0.15) is 29.2 Å². The van der Waals surface area contributed by atoms with Crippen molar-refractivity contribution in [3.63, 3.8) is 0 Å². The van der Waals surface area contributed by atoms with Crippen molar-refractivity contribution in [2.75, 3.05) is 0 Å². The molecule has 1 heterocycles. The van der Waals surface area contributed by atoms with Crippen molar-refractivity contribution in [1.29, 1.82) is 0 Å². The van der Waals surface area contributed by atoms with Crippen LogP contribution in [0.2, 0.25) is 0 Å². The summed E-state index contributed by atoms with van der Waals surface area (Å²) in [7, 11) is -1.99. The van der Waals surface area contributed by atoms with E-state index in [1.807, 2.05) is 30.3 Å². The van der Waals surface area contributed by atoms with E-state index in [1.165, 1.54) is 15.8 Å². The van der Waals surface area contributed by atoms with Gasteiger partial charge in [0.25, 0.3) is 10.0 Å². The molecule has 0 spiro atoms. The number of rotatable bonds is 3. The summed E-state index contributed by atoms with van der Waals surface area (Å²) in [6.07, 6.45) is 1.68. The predicted octanol–water partition coefficient (Wildman–Crippen LogP) is 2.85. The van der Waals surface area contributed by atoms with Gasteiger partial charge < -0.3 is 0 Å². The molecule has 0 saturated heterocycles. The molecule has 1 aliphatic rings. The molecule has 124 valence electrons. The molecular weight excluding hydrogens is 322 g/mol. The smallest absolute Gasteiger partial charge is 0.255 e. The lowest BCUT2D eigenvalue weighted by Crippen LogP contribution is -2.29. The first-order chi connectivity index (χ1) is 11.5. The first-order valence-corrected chi connectivity index (χ1v) is 9.47. The van der Waals surface area contributed by atoms with Gasteiger partial charge in [-0.2, -0.15) is 5.10 Å². The van der Waals surface area contributed by atoms with Gasteiger partial charge in [-0.3, -0.25) is 4.68 Å².